The number of hydrogen-bond donors (Lipinski definition) is 2. The van der Waals surface area contributed by atoms with Gasteiger partial charge in [0.1, 0.15) is 0 Å². The summed E-state index contributed by atoms with van der Waals surface area (Å²) < 4.78 is 0. The normalized spacial score (nSPS) is 24.3. The van der Waals surface area contributed by atoms with Gasteiger partial charge in [-0.2, -0.15) is 0 Å². The Hall–Kier alpha value is -0.0800. The molecule has 0 aromatic carbocycles. The van der Waals surface area contributed by atoms with E-state index in [2.05, 4.69) is 5.32 Å². The molecule has 2 N–H and O–H groups in total. The van der Waals surface area contributed by atoms with Crippen LogP contribution in [0.15, 0.2) is 0 Å². The molecule has 1 aliphatic rings. The van der Waals surface area contributed by atoms with Crippen molar-refractivity contribution in [2.45, 2.75) is 31.8 Å². The van der Waals surface area contributed by atoms with Crippen molar-refractivity contribution >= 4 is 0 Å². The van der Waals surface area contributed by atoms with Crippen LogP contribution in [0.25, 0.3) is 0 Å². The second kappa shape index (κ2) is 2.89. The first-order chi connectivity index (χ1) is 4.64. The molecule has 1 aliphatic carbocycles. The lowest BCUT2D eigenvalue weighted by Gasteiger charge is -2.22. The molecule has 0 spiro atoms. The summed E-state index contributed by atoms with van der Waals surface area (Å²) in [5, 5.41) is 12.7. The Morgan fingerprint density at radius 2 is 2.20 bits per heavy atom. The van der Waals surface area contributed by atoms with E-state index in [1.54, 1.807) is 0 Å². The number of aliphatic hydroxyl groups is 1. The lowest BCUT2D eigenvalue weighted by molar-refractivity contribution is 0.0471. The van der Waals surface area contributed by atoms with Crippen molar-refractivity contribution in [1.29, 1.82) is 0 Å². The van der Waals surface area contributed by atoms with E-state index in [1.165, 1.54) is 12.8 Å². The molecule has 0 bridgehead atoms. The van der Waals surface area contributed by atoms with E-state index < -0.39 is 5.60 Å². The van der Waals surface area contributed by atoms with Gasteiger partial charge in [-0.15, -0.1) is 0 Å². The highest BCUT2D eigenvalue weighted by Crippen LogP contribution is 2.36. The van der Waals surface area contributed by atoms with Gasteiger partial charge in [0.2, 0.25) is 0 Å². The minimum Gasteiger partial charge on any atom is -0.389 e. The molecule has 10 heavy (non-hydrogen) atoms. The van der Waals surface area contributed by atoms with E-state index in [0.717, 1.165) is 12.3 Å². The predicted molar refractivity (Wildman–Crippen MR) is 41.9 cm³/mol. The minimum atomic E-state index is -0.476. The molecule has 0 aliphatic heterocycles. The minimum absolute atomic E-state index is 0.476. The third-order valence-corrected chi connectivity index (χ3v) is 1.98. The van der Waals surface area contributed by atoms with Crippen molar-refractivity contribution in [2.75, 3.05) is 13.6 Å². The van der Waals surface area contributed by atoms with Crippen LogP contribution in [-0.4, -0.2) is 24.3 Å². The van der Waals surface area contributed by atoms with Gasteiger partial charge in [0.15, 0.2) is 0 Å². The molecular formula is C8H17NO. The van der Waals surface area contributed by atoms with Gasteiger partial charge in [-0.05, 0) is 26.3 Å². The first-order valence-electron chi connectivity index (χ1n) is 4.01. The zero-order valence-electron chi connectivity index (χ0n) is 6.85. The van der Waals surface area contributed by atoms with Crippen molar-refractivity contribution in [3.05, 3.63) is 0 Å². The molecule has 1 saturated carbocycles. The van der Waals surface area contributed by atoms with Crippen LogP contribution in [0.4, 0.5) is 0 Å². The maximum atomic E-state index is 9.66. The Labute approximate surface area is 62.6 Å². The Bertz CT molecular complexity index is 108. The molecule has 0 saturated heterocycles. The maximum absolute atomic E-state index is 9.66. The van der Waals surface area contributed by atoms with Crippen LogP contribution in [0.2, 0.25) is 0 Å². The second-order valence-electron chi connectivity index (χ2n) is 3.67. The molecule has 0 aromatic rings. The Kier molecular flexibility index (Phi) is 2.32. The van der Waals surface area contributed by atoms with E-state index in [-0.39, 0.29) is 0 Å². The molecule has 0 heterocycles. The SMILES string of the molecule is CNCC(C)(O)CC1CC1. The molecule has 60 valence electrons. The number of rotatable bonds is 4. The summed E-state index contributed by atoms with van der Waals surface area (Å²) in [6, 6.07) is 0. The van der Waals surface area contributed by atoms with Gasteiger partial charge in [-0.3, -0.25) is 0 Å². The zero-order chi connectivity index (χ0) is 7.61. The molecule has 1 rings (SSSR count). The van der Waals surface area contributed by atoms with Gasteiger partial charge < -0.3 is 10.4 Å². The third kappa shape index (κ3) is 2.67. The van der Waals surface area contributed by atoms with Crippen LogP contribution in [0.5, 0.6) is 0 Å². The summed E-state index contributed by atoms with van der Waals surface area (Å²) in [6.07, 6.45) is 3.60. The van der Waals surface area contributed by atoms with Crippen LogP contribution in [0.1, 0.15) is 26.2 Å². The predicted octanol–water partition coefficient (Wildman–Crippen LogP) is 0.757. The molecule has 2 heteroatoms. The molecule has 1 unspecified atom stereocenters. The smallest absolute Gasteiger partial charge is 0.0746 e. The van der Waals surface area contributed by atoms with Crippen molar-refractivity contribution in [3.8, 4) is 0 Å². The molecule has 0 radical (unpaired) electrons. The maximum Gasteiger partial charge on any atom is 0.0746 e. The number of nitrogens with one attached hydrogen (secondary N) is 1. The Morgan fingerprint density at radius 3 is 2.60 bits per heavy atom. The quantitative estimate of drug-likeness (QED) is 0.609. The summed E-state index contributed by atoms with van der Waals surface area (Å²) in [6.45, 7) is 2.62. The Morgan fingerprint density at radius 1 is 1.60 bits per heavy atom. The van der Waals surface area contributed by atoms with Gasteiger partial charge in [0, 0.05) is 6.54 Å². The van der Waals surface area contributed by atoms with E-state index in [1.807, 2.05) is 14.0 Å². The van der Waals surface area contributed by atoms with E-state index in [0.29, 0.717) is 6.54 Å². The van der Waals surface area contributed by atoms with Gasteiger partial charge >= 0.3 is 0 Å². The third-order valence-electron chi connectivity index (χ3n) is 1.98. The van der Waals surface area contributed by atoms with Crippen molar-refractivity contribution in [1.82, 2.24) is 5.32 Å². The van der Waals surface area contributed by atoms with E-state index in [9.17, 15) is 5.11 Å². The summed E-state index contributed by atoms with van der Waals surface area (Å²) in [5.74, 6) is 0.809. The zero-order valence-corrected chi connectivity index (χ0v) is 6.85. The van der Waals surface area contributed by atoms with Crippen molar-refractivity contribution < 1.29 is 5.11 Å². The van der Waals surface area contributed by atoms with Crippen LogP contribution < -0.4 is 5.32 Å². The average molecular weight is 143 g/mol. The summed E-state index contributed by atoms with van der Waals surface area (Å²) in [7, 11) is 1.88. The largest absolute Gasteiger partial charge is 0.389 e. The molecular weight excluding hydrogens is 126 g/mol. The second-order valence-corrected chi connectivity index (χ2v) is 3.67. The lowest BCUT2D eigenvalue weighted by atomic mass is 9.99. The molecule has 0 amide bonds. The molecule has 1 atom stereocenters. The van der Waals surface area contributed by atoms with E-state index in [4.69, 9.17) is 0 Å². The molecule has 1 fully saturated rings. The van der Waals surface area contributed by atoms with Crippen LogP contribution in [-0.2, 0) is 0 Å². The summed E-state index contributed by atoms with van der Waals surface area (Å²) in [4.78, 5) is 0. The van der Waals surface area contributed by atoms with Gasteiger partial charge in [-0.1, -0.05) is 12.8 Å². The highest BCUT2D eigenvalue weighted by molar-refractivity contribution is 4.84. The van der Waals surface area contributed by atoms with Gasteiger partial charge in [0.25, 0.3) is 0 Å². The standard InChI is InChI=1S/C8H17NO/c1-8(10,6-9-2)5-7-3-4-7/h7,9-10H,3-6H2,1-2H3. The lowest BCUT2D eigenvalue weighted by Crippen LogP contribution is -2.36. The van der Waals surface area contributed by atoms with Crippen molar-refractivity contribution in [2.24, 2.45) is 5.92 Å². The van der Waals surface area contributed by atoms with Crippen LogP contribution in [0.3, 0.4) is 0 Å². The van der Waals surface area contributed by atoms with E-state index >= 15 is 0 Å². The molecule has 2 nitrogen and oxygen atoms in total. The van der Waals surface area contributed by atoms with Crippen LogP contribution >= 0.6 is 0 Å². The summed E-state index contributed by atoms with van der Waals surface area (Å²) in [5.41, 5.74) is -0.476. The number of hydrogen-bond acceptors (Lipinski definition) is 2. The monoisotopic (exact) mass is 143 g/mol. The van der Waals surface area contributed by atoms with Gasteiger partial charge in [0.05, 0.1) is 5.60 Å². The van der Waals surface area contributed by atoms with Crippen molar-refractivity contribution in [3.63, 3.8) is 0 Å². The fourth-order valence-electron chi connectivity index (χ4n) is 1.40. The Balaban J connectivity index is 2.19. The highest BCUT2D eigenvalue weighted by Gasteiger charge is 2.30. The van der Waals surface area contributed by atoms with Gasteiger partial charge in [-0.25, -0.2) is 0 Å². The number of likely N-dealkylation sites (N-methyl/N-ethyl adjacent to an activating group) is 1. The van der Waals surface area contributed by atoms with Crippen LogP contribution in [0, 0.1) is 5.92 Å². The topological polar surface area (TPSA) is 32.3 Å². The first kappa shape index (κ1) is 8.02. The fraction of sp³-hybridized carbons (Fsp3) is 1.00. The summed E-state index contributed by atoms with van der Waals surface area (Å²) >= 11 is 0. The average Bonchev–Trinajstić information content (AvgIpc) is 2.48. The fourth-order valence-corrected chi connectivity index (χ4v) is 1.40. The highest BCUT2D eigenvalue weighted by atomic mass is 16.3. The first-order valence-corrected chi connectivity index (χ1v) is 4.01. The molecule has 0 aromatic heterocycles.